The minimum Gasteiger partial charge on any atom is -0.494 e. The summed E-state index contributed by atoms with van der Waals surface area (Å²) in [5.74, 6) is 0.464. The number of aliphatic carboxylic acids is 1. The Morgan fingerprint density at radius 3 is 2.76 bits per heavy atom. The van der Waals surface area contributed by atoms with Crippen LogP contribution in [-0.4, -0.2) is 34.5 Å². The lowest BCUT2D eigenvalue weighted by Gasteiger charge is -2.04. The van der Waals surface area contributed by atoms with Crippen LogP contribution in [-0.2, 0) is 4.79 Å². The van der Waals surface area contributed by atoms with Gasteiger partial charge in [-0.15, -0.1) is 11.8 Å². The summed E-state index contributed by atoms with van der Waals surface area (Å²) in [6.07, 6.45) is 0. The molecule has 0 saturated heterocycles. The van der Waals surface area contributed by atoms with Crippen LogP contribution in [0.1, 0.15) is 12.5 Å². The quantitative estimate of drug-likeness (QED) is 0.889. The topological polar surface area (TPSA) is 58.9 Å². The Labute approximate surface area is 104 Å². The van der Waals surface area contributed by atoms with E-state index in [9.17, 15) is 4.79 Å². The van der Waals surface area contributed by atoms with Crippen LogP contribution in [0.4, 0.5) is 0 Å². The molecule has 1 aliphatic heterocycles. The molecule has 5 heteroatoms. The van der Waals surface area contributed by atoms with E-state index in [0.717, 1.165) is 16.4 Å². The van der Waals surface area contributed by atoms with E-state index in [2.05, 4.69) is 4.99 Å². The maximum absolute atomic E-state index is 10.8. The second kappa shape index (κ2) is 5.23. The highest BCUT2D eigenvalue weighted by Crippen LogP contribution is 2.24. The van der Waals surface area contributed by atoms with E-state index in [1.165, 1.54) is 11.8 Å². The van der Waals surface area contributed by atoms with Gasteiger partial charge in [0.2, 0.25) is 0 Å². The SMILES string of the molecule is CCOc1ccc(C2=NC(C(=O)O)CS2)cc1. The van der Waals surface area contributed by atoms with Gasteiger partial charge in [0.15, 0.2) is 6.04 Å². The van der Waals surface area contributed by atoms with Gasteiger partial charge in [-0.3, -0.25) is 4.99 Å². The molecule has 1 N–H and O–H groups in total. The van der Waals surface area contributed by atoms with Crippen molar-refractivity contribution in [2.24, 2.45) is 4.99 Å². The summed E-state index contributed by atoms with van der Waals surface area (Å²) in [7, 11) is 0. The van der Waals surface area contributed by atoms with E-state index in [1.54, 1.807) is 0 Å². The Bertz CT molecular complexity index is 442. The minimum atomic E-state index is -0.863. The standard InChI is InChI=1S/C12H13NO3S/c1-2-16-9-5-3-8(4-6-9)11-13-10(7-17-11)12(14)15/h3-6,10H,2,7H2,1H3,(H,14,15). The molecule has 1 aromatic rings. The maximum atomic E-state index is 10.8. The monoisotopic (exact) mass is 251 g/mol. The molecule has 90 valence electrons. The first-order valence-electron chi connectivity index (χ1n) is 5.37. The van der Waals surface area contributed by atoms with E-state index in [0.29, 0.717) is 12.4 Å². The predicted octanol–water partition coefficient (Wildman–Crippen LogP) is 2.03. The van der Waals surface area contributed by atoms with Gasteiger partial charge in [-0.2, -0.15) is 0 Å². The number of carboxylic acids is 1. The molecule has 4 nitrogen and oxygen atoms in total. The molecule has 0 aromatic heterocycles. The maximum Gasteiger partial charge on any atom is 0.329 e. The average molecular weight is 251 g/mol. The summed E-state index contributed by atoms with van der Waals surface area (Å²) in [5.41, 5.74) is 0.946. The molecule has 1 atom stereocenters. The van der Waals surface area contributed by atoms with Gasteiger partial charge in [0, 0.05) is 11.3 Å². The number of hydrogen-bond donors (Lipinski definition) is 1. The third kappa shape index (κ3) is 2.79. The molecule has 1 aromatic carbocycles. The molecule has 0 radical (unpaired) electrons. The van der Waals surface area contributed by atoms with Gasteiger partial charge < -0.3 is 9.84 Å². The Balaban J connectivity index is 2.13. The number of ether oxygens (including phenoxy) is 1. The van der Waals surface area contributed by atoms with Gasteiger partial charge in [-0.25, -0.2) is 4.79 Å². The molecule has 0 spiro atoms. The molecule has 17 heavy (non-hydrogen) atoms. The zero-order valence-corrected chi connectivity index (χ0v) is 10.2. The van der Waals surface area contributed by atoms with Crippen LogP contribution in [0.15, 0.2) is 29.3 Å². The van der Waals surface area contributed by atoms with E-state index in [1.807, 2.05) is 31.2 Å². The van der Waals surface area contributed by atoms with Crippen LogP contribution in [0.5, 0.6) is 5.75 Å². The summed E-state index contributed by atoms with van der Waals surface area (Å²) >= 11 is 1.48. The Kier molecular flexibility index (Phi) is 3.68. The van der Waals surface area contributed by atoms with Gasteiger partial charge in [0.25, 0.3) is 0 Å². The normalized spacial score (nSPS) is 18.9. The molecule has 1 unspecified atom stereocenters. The van der Waals surface area contributed by atoms with E-state index in [4.69, 9.17) is 9.84 Å². The first kappa shape index (κ1) is 12.0. The molecule has 0 fully saturated rings. The largest absolute Gasteiger partial charge is 0.494 e. The number of nitrogens with zero attached hydrogens (tertiary/aromatic N) is 1. The first-order valence-corrected chi connectivity index (χ1v) is 6.36. The molecule has 0 amide bonds. The van der Waals surface area contributed by atoms with Gasteiger partial charge in [0.05, 0.1) is 11.7 Å². The minimum absolute atomic E-state index is 0.512. The third-order valence-electron chi connectivity index (χ3n) is 2.35. The number of rotatable bonds is 4. The van der Waals surface area contributed by atoms with Crippen molar-refractivity contribution in [2.75, 3.05) is 12.4 Å². The third-order valence-corrected chi connectivity index (χ3v) is 3.45. The molecular formula is C12H13NO3S. The number of aliphatic imine (C=N–C) groups is 1. The molecule has 0 saturated carbocycles. The summed E-state index contributed by atoms with van der Waals surface area (Å²) in [6, 6.07) is 6.94. The number of carbonyl (C=O) groups is 1. The summed E-state index contributed by atoms with van der Waals surface area (Å²) in [5, 5.41) is 9.64. The fourth-order valence-corrected chi connectivity index (χ4v) is 2.56. The predicted molar refractivity (Wildman–Crippen MR) is 68.0 cm³/mol. The smallest absolute Gasteiger partial charge is 0.329 e. The molecule has 0 bridgehead atoms. The molecule has 1 heterocycles. The zero-order chi connectivity index (χ0) is 12.3. The lowest BCUT2D eigenvalue weighted by atomic mass is 10.2. The van der Waals surface area contributed by atoms with Gasteiger partial charge in [0.1, 0.15) is 5.75 Å². The fraction of sp³-hybridized carbons (Fsp3) is 0.333. The molecule has 0 aliphatic carbocycles. The summed E-state index contributed by atoms with van der Waals surface area (Å²) in [6.45, 7) is 2.57. The van der Waals surface area contributed by atoms with Crippen molar-refractivity contribution in [1.82, 2.24) is 0 Å². The molecular weight excluding hydrogens is 238 g/mol. The van der Waals surface area contributed by atoms with E-state index >= 15 is 0 Å². The van der Waals surface area contributed by atoms with Crippen LogP contribution in [0.3, 0.4) is 0 Å². The highest BCUT2D eigenvalue weighted by molar-refractivity contribution is 8.14. The van der Waals surface area contributed by atoms with Crippen molar-refractivity contribution in [3.05, 3.63) is 29.8 Å². The second-order valence-corrected chi connectivity index (χ2v) is 4.57. The Hall–Kier alpha value is -1.49. The van der Waals surface area contributed by atoms with Crippen LogP contribution < -0.4 is 4.74 Å². The zero-order valence-electron chi connectivity index (χ0n) is 9.42. The number of thioether (sulfide) groups is 1. The lowest BCUT2D eigenvalue weighted by Crippen LogP contribution is -2.17. The van der Waals surface area contributed by atoms with Gasteiger partial charge in [-0.1, -0.05) is 0 Å². The van der Waals surface area contributed by atoms with Crippen LogP contribution >= 0.6 is 11.8 Å². The van der Waals surface area contributed by atoms with Gasteiger partial charge >= 0.3 is 5.97 Å². The van der Waals surface area contributed by atoms with Gasteiger partial charge in [-0.05, 0) is 31.2 Å². The van der Waals surface area contributed by atoms with Crippen LogP contribution in [0, 0.1) is 0 Å². The number of carboxylic acid groups (broad SMARTS) is 1. The van der Waals surface area contributed by atoms with Crippen LogP contribution in [0.2, 0.25) is 0 Å². The summed E-state index contributed by atoms with van der Waals surface area (Å²) in [4.78, 5) is 15.0. The van der Waals surface area contributed by atoms with Crippen molar-refractivity contribution in [3.8, 4) is 5.75 Å². The average Bonchev–Trinajstić information content (AvgIpc) is 2.80. The van der Waals surface area contributed by atoms with Crippen molar-refractivity contribution >= 4 is 22.8 Å². The van der Waals surface area contributed by atoms with Crippen molar-refractivity contribution in [3.63, 3.8) is 0 Å². The fourth-order valence-electron chi connectivity index (χ4n) is 1.52. The highest BCUT2D eigenvalue weighted by Gasteiger charge is 2.24. The Morgan fingerprint density at radius 1 is 1.53 bits per heavy atom. The lowest BCUT2D eigenvalue weighted by molar-refractivity contribution is -0.137. The van der Waals surface area contributed by atoms with Crippen LogP contribution in [0.25, 0.3) is 0 Å². The van der Waals surface area contributed by atoms with E-state index in [-0.39, 0.29) is 0 Å². The number of benzene rings is 1. The molecule has 2 rings (SSSR count). The summed E-state index contributed by atoms with van der Waals surface area (Å²) < 4.78 is 5.34. The second-order valence-electron chi connectivity index (χ2n) is 3.56. The Morgan fingerprint density at radius 2 is 2.24 bits per heavy atom. The van der Waals surface area contributed by atoms with Crippen molar-refractivity contribution < 1.29 is 14.6 Å². The van der Waals surface area contributed by atoms with Crippen molar-refractivity contribution in [1.29, 1.82) is 0 Å². The number of hydrogen-bond acceptors (Lipinski definition) is 4. The highest BCUT2D eigenvalue weighted by atomic mass is 32.2. The van der Waals surface area contributed by atoms with Crippen molar-refractivity contribution in [2.45, 2.75) is 13.0 Å². The molecule has 1 aliphatic rings. The first-order chi connectivity index (χ1) is 8.20. The van der Waals surface area contributed by atoms with E-state index < -0.39 is 12.0 Å².